The van der Waals surface area contributed by atoms with Crippen molar-refractivity contribution in [1.29, 1.82) is 0 Å². The van der Waals surface area contributed by atoms with Crippen molar-refractivity contribution in [1.82, 2.24) is 9.55 Å². The highest BCUT2D eigenvalue weighted by Gasteiger charge is 2.17. The maximum Gasteiger partial charge on any atom is 0.258 e. The van der Waals surface area contributed by atoms with Crippen LogP contribution in [0.15, 0.2) is 67.3 Å². The average Bonchev–Trinajstić information content (AvgIpc) is 3.22. The number of aryl methyl sites for hydroxylation is 1. The van der Waals surface area contributed by atoms with E-state index in [2.05, 4.69) is 10.3 Å². The highest BCUT2D eigenvalue weighted by molar-refractivity contribution is 6.07. The zero-order valence-corrected chi connectivity index (χ0v) is 15.5. The number of aromatic nitrogens is 2. The molecule has 0 radical (unpaired) electrons. The van der Waals surface area contributed by atoms with E-state index in [1.54, 1.807) is 60.0 Å². The molecule has 3 aromatic rings. The number of hydrogen-bond acceptors (Lipinski definition) is 3. The fourth-order valence-corrected chi connectivity index (χ4v) is 2.82. The molecular weight excluding hydrogens is 359 g/mol. The molecular formula is C21H21FN4O2. The number of imidazole rings is 1. The van der Waals surface area contributed by atoms with Gasteiger partial charge >= 0.3 is 0 Å². The monoisotopic (exact) mass is 380 g/mol. The van der Waals surface area contributed by atoms with Crippen LogP contribution in [-0.4, -0.2) is 27.9 Å². The Kier molecular flexibility index (Phi) is 6.16. The zero-order chi connectivity index (χ0) is 19.9. The van der Waals surface area contributed by atoms with Crippen LogP contribution < -0.4 is 10.2 Å². The first-order valence-electron chi connectivity index (χ1n) is 9.00. The molecule has 0 bridgehead atoms. The lowest BCUT2D eigenvalue weighted by Crippen LogP contribution is -2.30. The molecule has 144 valence electrons. The van der Waals surface area contributed by atoms with E-state index in [0.29, 0.717) is 36.4 Å². The summed E-state index contributed by atoms with van der Waals surface area (Å²) in [5, 5.41) is 2.81. The maximum absolute atomic E-state index is 13.2. The van der Waals surface area contributed by atoms with Gasteiger partial charge in [0.2, 0.25) is 5.91 Å². The third-order valence-corrected chi connectivity index (χ3v) is 4.25. The van der Waals surface area contributed by atoms with Crippen molar-refractivity contribution < 1.29 is 14.0 Å². The first-order valence-corrected chi connectivity index (χ1v) is 9.00. The number of nitrogens with one attached hydrogen (secondary N) is 1. The van der Waals surface area contributed by atoms with Crippen LogP contribution in [-0.2, 0) is 11.3 Å². The van der Waals surface area contributed by atoms with Gasteiger partial charge in [-0.15, -0.1) is 0 Å². The summed E-state index contributed by atoms with van der Waals surface area (Å²) < 4.78 is 15.0. The molecule has 0 aliphatic carbocycles. The van der Waals surface area contributed by atoms with Crippen LogP contribution in [0.4, 0.5) is 15.8 Å². The Hall–Kier alpha value is -3.48. The molecule has 0 atom stereocenters. The minimum Gasteiger partial charge on any atom is -0.337 e. The lowest BCUT2D eigenvalue weighted by atomic mass is 10.1. The standard InChI is InChI=1S/C21H21FN4O2/c1-2-26(19-8-6-17(22)7-9-19)21(28)16-4-3-5-18(14-16)24-20(27)10-12-25-13-11-23-15-25/h3-9,11,13-15H,2,10,12H2,1H3,(H,24,27). The average molecular weight is 380 g/mol. The normalized spacial score (nSPS) is 10.5. The van der Waals surface area contributed by atoms with Crippen molar-refractivity contribution in [3.8, 4) is 0 Å². The van der Waals surface area contributed by atoms with E-state index in [-0.39, 0.29) is 17.6 Å². The summed E-state index contributed by atoms with van der Waals surface area (Å²) >= 11 is 0. The largest absolute Gasteiger partial charge is 0.337 e. The van der Waals surface area contributed by atoms with Gasteiger partial charge in [0.15, 0.2) is 0 Å². The number of amides is 2. The van der Waals surface area contributed by atoms with Gasteiger partial charge in [-0.1, -0.05) is 6.07 Å². The van der Waals surface area contributed by atoms with E-state index in [4.69, 9.17) is 0 Å². The second kappa shape index (κ2) is 8.94. The second-order valence-electron chi connectivity index (χ2n) is 6.21. The van der Waals surface area contributed by atoms with Crippen LogP contribution in [0.25, 0.3) is 0 Å². The molecule has 0 saturated heterocycles. The van der Waals surface area contributed by atoms with Crippen LogP contribution in [0.2, 0.25) is 0 Å². The summed E-state index contributed by atoms with van der Waals surface area (Å²) in [4.78, 5) is 30.5. The van der Waals surface area contributed by atoms with Crippen molar-refractivity contribution >= 4 is 23.2 Å². The topological polar surface area (TPSA) is 67.2 Å². The van der Waals surface area contributed by atoms with Crippen molar-refractivity contribution in [2.45, 2.75) is 19.9 Å². The summed E-state index contributed by atoms with van der Waals surface area (Å²) in [5.41, 5.74) is 1.61. The molecule has 7 heteroatoms. The molecule has 0 unspecified atom stereocenters. The lowest BCUT2D eigenvalue weighted by Gasteiger charge is -2.21. The predicted octanol–water partition coefficient (Wildman–Crippen LogP) is 3.72. The van der Waals surface area contributed by atoms with Crippen LogP contribution in [0.5, 0.6) is 0 Å². The van der Waals surface area contributed by atoms with Gasteiger partial charge in [-0.05, 0) is 49.4 Å². The Labute approximate surface area is 162 Å². The highest BCUT2D eigenvalue weighted by Crippen LogP contribution is 2.19. The molecule has 1 heterocycles. The van der Waals surface area contributed by atoms with E-state index in [0.717, 1.165) is 0 Å². The van der Waals surface area contributed by atoms with Crippen LogP contribution in [0, 0.1) is 5.82 Å². The number of halogens is 1. The quantitative estimate of drug-likeness (QED) is 0.679. The van der Waals surface area contributed by atoms with E-state index in [1.165, 1.54) is 12.1 Å². The zero-order valence-electron chi connectivity index (χ0n) is 15.5. The van der Waals surface area contributed by atoms with Gasteiger partial charge in [-0.3, -0.25) is 9.59 Å². The Bertz CT molecular complexity index is 939. The Morgan fingerprint density at radius 1 is 1.18 bits per heavy atom. The molecule has 0 fully saturated rings. The molecule has 2 aromatic carbocycles. The fraction of sp³-hybridized carbons (Fsp3) is 0.190. The molecule has 1 aromatic heterocycles. The third-order valence-electron chi connectivity index (χ3n) is 4.25. The molecule has 3 rings (SSSR count). The molecule has 1 N–H and O–H groups in total. The molecule has 2 amide bonds. The minimum absolute atomic E-state index is 0.149. The summed E-state index contributed by atoms with van der Waals surface area (Å²) in [5.74, 6) is -0.722. The predicted molar refractivity (Wildman–Crippen MR) is 106 cm³/mol. The number of carbonyl (C=O) groups is 2. The summed E-state index contributed by atoms with van der Waals surface area (Å²) in [7, 11) is 0. The Morgan fingerprint density at radius 2 is 1.96 bits per heavy atom. The van der Waals surface area contributed by atoms with Gasteiger partial charge in [0.25, 0.3) is 5.91 Å². The van der Waals surface area contributed by atoms with Crippen molar-refractivity contribution in [2.75, 3.05) is 16.8 Å². The van der Waals surface area contributed by atoms with Gasteiger partial charge in [-0.25, -0.2) is 9.37 Å². The van der Waals surface area contributed by atoms with Gasteiger partial charge in [0, 0.05) is 48.8 Å². The summed E-state index contributed by atoms with van der Waals surface area (Å²) in [6, 6.07) is 12.6. The fourth-order valence-electron chi connectivity index (χ4n) is 2.82. The summed E-state index contributed by atoms with van der Waals surface area (Å²) in [6.07, 6.45) is 5.40. The molecule has 6 nitrogen and oxygen atoms in total. The highest BCUT2D eigenvalue weighted by atomic mass is 19.1. The molecule has 0 saturated carbocycles. The number of rotatable bonds is 7. The van der Waals surface area contributed by atoms with E-state index < -0.39 is 0 Å². The van der Waals surface area contributed by atoms with Gasteiger partial charge < -0.3 is 14.8 Å². The van der Waals surface area contributed by atoms with Gasteiger partial charge in [0.1, 0.15) is 5.82 Å². The molecule has 0 aliphatic heterocycles. The smallest absolute Gasteiger partial charge is 0.258 e. The molecule has 0 spiro atoms. The Balaban J connectivity index is 1.68. The number of nitrogens with zero attached hydrogens (tertiary/aromatic N) is 3. The Morgan fingerprint density at radius 3 is 2.64 bits per heavy atom. The lowest BCUT2D eigenvalue weighted by molar-refractivity contribution is -0.116. The van der Waals surface area contributed by atoms with Crippen molar-refractivity contribution in [3.63, 3.8) is 0 Å². The molecule has 0 aliphatic rings. The first-order chi connectivity index (χ1) is 13.6. The van der Waals surface area contributed by atoms with E-state index in [1.807, 2.05) is 11.5 Å². The molecule has 28 heavy (non-hydrogen) atoms. The van der Waals surface area contributed by atoms with Crippen molar-refractivity contribution in [2.24, 2.45) is 0 Å². The summed E-state index contributed by atoms with van der Waals surface area (Å²) in [6.45, 7) is 2.81. The minimum atomic E-state index is -0.354. The van der Waals surface area contributed by atoms with Crippen molar-refractivity contribution in [3.05, 3.63) is 78.6 Å². The van der Waals surface area contributed by atoms with Gasteiger partial charge in [-0.2, -0.15) is 0 Å². The third kappa shape index (κ3) is 4.82. The SMILES string of the molecule is CCN(C(=O)c1cccc(NC(=O)CCn2ccnc2)c1)c1ccc(F)cc1. The van der Waals surface area contributed by atoms with E-state index >= 15 is 0 Å². The second-order valence-corrected chi connectivity index (χ2v) is 6.21. The van der Waals surface area contributed by atoms with Crippen LogP contribution in [0.1, 0.15) is 23.7 Å². The number of anilines is 2. The number of benzene rings is 2. The van der Waals surface area contributed by atoms with E-state index in [9.17, 15) is 14.0 Å². The first kappa shape index (κ1) is 19.3. The number of carbonyl (C=O) groups excluding carboxylic acids is 2. The van der Waals surface area contributed by atoms with Gasteiger partial charge in [0.05, 0.1) is 6.33 Å². The van der Waals surface area contributed by atoms with Crippen LogP contribution >= 0.6 is 0 Å². The maximum atomic E-state index is 13.2. The number of hydrogen-bond donors (Lipinski definition) is 1. The van der Waals surface area contributed by atoms with Crippen LogP contribution in [0.3, 0.4) is 0 Å².